The molecule has 21 heavy (non-hydrogen) atoms. The Labute approximate surface area is 130 Å². The molecule has 3 aromatic rings. The minimum Gasteiger partial charge on any atom is -0.0745 e. The van der Waals surface area contributed by atoms with Crippen molar-refractivity contribution in [2.75, 3.05) is 0 Å². The molecular weight excluding hydrogens is 284 g/mol. The van der Waals surface area contributed by atoms with E-state index in [0.717, 1.165) is 9.04 Å². The summed E-state index contributed by atoms with van der Waals surface area (Å²) in [5.41, 5.74) is 0. The lowest BCUT2D eigenvalue weighted by Crippen LogP contribution is -2.71. The summed E-state index contributed by atoms with van der Waals surface area (Å²) in [6.45, 7) is 2.36. The van der Waals surface area contributed by atoms with Gasteiger partial charge in [-0.25, -0.2) is 0 Å². The Morgan fingerprint density at radius 2 is 0.810 bits per heavy atom. The number of hydrogen-bond donors (Lipinski definition) is 0. The molecule has 0 spiro atoms. The van der Waals surface area contributed by atoms with E-state index in [9.17, 15) is 0 Å². The Kier molecular flexibility index (Phi) is 4.18. The molecule has 2 heteroatoms. The lowest BCUT2D eigenvalue weighted by atomic mass is 10.3. The minimum atomic E-state index is -1.87. The molecular formula is C19H18Si2. The normalized spacial score (nSPS) is 11.3. The van der Waals surface area contributed by atoms with Crippen LogP contribution in [-0.4, -0.2) is 16.6 Å². The largest absolute Gasteiger partial charge is 0.133 e. The Morgan fingerprint density at radius 1 is 0.524 bits per heavy atom. The van der Waals surface area contributed by atoms with Crippen molar-refractivity contribution in [1.82, 2.24) is 0 Å². The fourth-order valence-corrected chi connectivity index (χ4v) is 11.0. The highest BCUT2D eigenvalue weighted by molar-refractivity contribution is 7.43. The van der Waals surface area contributed by atoms with Crippen molar-refractivity contribution in [2.24, 2.45) is 0 Å². The summed E-state index contributed by atoms with van der Waals surface area (Å²) >= 11 is 0. The molecule has 0 aliphatic carbocycles. The number of hydrogen-bond acceptors (Lipinski definition) is 0. The van der Waals surface area contributed by atoms with Gasteiger partial charge in [-0.2, -0.15) is 0 Å². The van der Waals surface area contributed by atoms with Gasteiger partial charge in [-0.1, -0.05) is 113 Å². The zero-order valence-corrected chi connectivity index (χ0v) is 14.2. The molecule has 0 bridgehead atoms. The molecule has 0 fully saturated rings. The molecule has 0 amide bonds. The van der Waals surface area contributed by atoms with Crippen LogP contribution in [0.25, 0.3) is 0 Å². The van der Waals surface area contributed by atoms with Crippen molar-refractivity contribution in [1.29, 1.82) is 0 Å². The summed E-state index contributed by atoms with van der Waals surface area (Å²) in [6, 6.07) is 33.2. The molecule has 3 rings (SSSR count). The lowest BCUT2D eigenvalue weighted by Gasteiger charge is -2.32. The van der Waals surface area contributed by atoms with E-state index < -0.39 is 7.59 Å². The van der Waals surface area contributed by atoms with E-state index in [1.165, 1.54) is 15.6 Å². The highest BCUT2D eigenvalue weighted by Crippen LogP contribution is 2.06. The molecule has 0 aliphatic rings. The molecule has 0 nitrogen and oxygen atoms in total. The van der Waals surface area contributed by atoms with Gasteiger partial charge in [-0.15, -0.1) is 0 Å². The van der Waals surface area contributed by atoms with E-state index in [2.05, 4.69) is 97.5 Å². The lowest BCUT2D eigenvalue weighted by molar-refractivity contribution is 1.70. The van der Waals surface area contributed by atoms with E-state index in [0.29, 0.717) is 0 Å². The molecule has 0 aromatic heterocycles. The first-order valence-electron chi connectivity index (χ1n) is 7.23. The first-order chi connectivity index (χ1) is 10.4. The van der Waals surface area contributed by atoms with Gasteiger partial charge in [-0.3, -0.25) is 0 Å². The third-order valence-corrected chi connectivity index (χ3v) is 13.2. The van der Waals surface area contributed by atoms with Crippen LogP contribution in [-0.2, 0) is 0 Å². The molecule has 0 heterocycles. The summed E-state index contributed by atoms with van der Waals surface area (Å²) in [4.78, 5) is 0. The Bertz CT molecular complexity index is 582. The zero-order valence-electron chi connectivity index (χ0n) is 12.2. The van der Waals surface area contributed by atoms with Crippen LogP contribution >= 0.6 is 0 Å². The molecule has 0 saturated heterocycles. The summed E-state index contributed by atoms with van der Waals surface area (Å²) in [7, 11) is -0.980. The second-order valence-corrected chi connectivity index (χ2v) is 12.6. The predicted octanol–water partition coefficient (Wildman–Crippen LogP) is 2.41. The molecule has 2 radical (unpaired) electrons. The molecule has 3 aromatic carbocycles. The maximum atomic E-state index is 2.36. The third-order valence-electron chi connectivity index (χ3n) is 4.00. The van der Waals surface area contributed by atoms with E-state index in [1.807, 2.05) is 0 Å². The van der Waals surface area contributed by atoms with Crippen molar-refractivity contribution in [3.63, 3.8) is 0 Å². The molecule has 0 aliphatic heterocycles. The van der Waals surface area contributed by atoms with E-state index >= 15 is 0 Å². The SMILES string of the molecule is C[Si][Si](c1ccccc1)(c1ccccc1)c1ccccc1. The van der Waals surface area contributed by atoms with Gasteiger partial charge in [0.1, 0.15) is 7.59 Å². The van der Waals surface area contributed by atoms with Gasteiger partial charge < -0.3 is 0 Å². The molecule has 102 valence electrons. The maximum absolute atomic E-state index is 2.36. The van der Waals surface area contributed by atoms with Crippen molar-refractivity contribution in [2.45, 2.75) is 6.55 Å². The van der Waals surface area contributed by atoms with Gasteiger partial charge in [0.25, 0.3) is 0 Å². The van der Waals surface area contributed by atoms with Crippen LogP contribution in [0, 0.1) is 0 Å². The zero-order chi connectivity index (χ0) is 14.5. The second-order valence-electron chi connectivity index (χ2n) is 5.10. The van der Waals surface area contributed by atoms with Gasteiger partial charge >= 0.3 is 0 Å². The Morgan fingerprint density at radius 3 is 1.05 bits per heavy atom. The minimum absolute atomic E-state index is 0.890. The predicted molar refractivity (Wildman–Crippen MR) is 95.6 cm³/mol. The van der Waals surface area contributed by atoms with Crippen molar-refractivity contribution in [3.05, 3.63) is 91.0 Å². The first-order valence-corrected chi connectivity index (χ1v) is 11.7. The van der Waals surface area contributed by atoms with Crippen LogP contribution in [0.5, 0.6) is 0 Å². The molecule has 0 unspecified atom stereocenters. The fourth-order valence-electron chi connectivity index (χ4n) is 3.00. The van der Waals surface area contributed by atoms with Crippen molar-refractivity contribution < 1.29 is 0 Å². The number of rotatable bonds is 4. The number of benzene rings is 3. The van der Waals surface area contributed by atoms with Gasteiger partial charge in [0.15, 0.2) is 0 Å². The summed E-state index contributed by atoms with van der Waals surface area (Å²) in [6.07, 6.45) is 0. The van der Waals surface area contributed by atoms with Crippen LogP contribution in [0.15, 0.2) is 91.0 Å². The Balaban J connectivity index is 2.29. The summed E-state index contributed by atoms with van der Waals surface area (Å²) in [5.74, 6) is 0. The van der Waals surface area contributed by atoms with Crippen molar-refractivity contribution in [3.8, 4) is 0 Å². The van der Waals surface area contributed by atoms with E-state index in [-0.39, 0.29) is 0 Å². The molecule has 0 saturated carbocycles. The highest BCUT2D eigenvalue weighted by Gasteiger charge is 2.37. The van der Waals surface area contributed by atoms with Gasteiger partial charge in [0.2, 0.25) is 0 Å². The fraction of sp³-hybridized carbons (Fsp3) is 0.0526. The Hall–Kier alpha value is -1.91. The highest BCUT2D eigenvalue weighted by atomic mass is 29.2. The van der Waals surface area contributed by atoms with Gasteiger partial charge in [0, 0.05) is 9.04 Å². The second kappa shape index (κ2) is 6.25. The third kappa shape index (κ3) is 2.52. The standard InChI is InChI=1S/C19H18Si2/c1-20-21(17-11-5-2-6-12-17,18-13-7-3-8-14-18)19-15-9-4-10-16-19/h2-16H,1H3. The molecule has 0 N–H and O–H groups in total. The van der Waals surface area contributed by atoms with Crippen LogP contribution in [0.4, 0.5) is 0 Å². The summed E-state index contributed by atoms with van der Waals surface area (Å²) < 4.78 is 0. The van der Waals surface area contributed by atoms with Gasteiger partial charge in [0.05, 0.1) is 0 Å². The van der Waals surface area contributed by atoms with E-state index in [1.54, 1.807) is 0 Å². The van der Waals surface area contributed by atoms with Crippen molar-refractivity contribution >= 4 is 32.2 Å². The van der Waals surface area contributed by atoms with Crippen LogP contribution < -0.4 is 15.6 Å². The average Bonchev–Trinajstić information content (AvgIpc) is 2.59. The smallest absolute Gasteiger partial charge is 0.0745 e. The quantitative estimate of drug-likeness (QED) is 0.513. The topological polar surface area (TPSA) is 0 Å². The maximum Gasteiger partial charge on any atom is 0.133 e. The summed E-state index contributed by atoms with van der Waals surface area (Å²) in [5, 5.41) is 4.51. The van der Waals surface area contributed by atoms with Crippen LogP contribution in [0.2, 0.25) is 6.55 Å². The van der Waals surface area contributed by atoms with Crippen LogP contribution in [0.3, 0.4) is 0 Å². The molecule has 0 atom stereocenters. The first kappa shape index (κ1) is 14.0. The van der Waals surface area contributed by atoms with Crippen LogP contribution in [0.1, 0.15) is 0 Å². The van der Waals surface area contributed by atoms with Gasteiger partial charge in [-0.05, 0) is 0 Å². The average molecular weight is 303 g/mol. The monoisotopic (exact) mass is 302 g/mol. The van der Waals surface area contributed by atoms with E-state index in [4.69, 9.17) is 0 Å².